The van der Waals surface area contributed by atoms with Crippen LogP contribution in [-0.2, 0) is 4.74 Å². The summed E-state index contributed by atoms with van der Waals surface area (Å²) in [5, 5.41) is 28.1. The number of nitrogens with two attached hydrogens (primary N) is 1. The number of aliphatic imine (C=N–C) groups is 2. The van der Waals surface area contributed by atoms with Crippen LogP contribution in [0.3, 0.4) is 0 Å². The first-order valence-electron chi connectivity index (χ1n) is 4.82. The number of aliphatic hydroxyl groups is 2. The van der Waals surface area contributed by atoms with E-state index in [1.165, 1.54) is 0 Å². The molecule has 0 unspecified atom stereocenters. The molecule has 1 saturated heterocycles. The average Bonchev–Trinajstić information content (AvgIpc) is 2.71. The second-order valence-electron chi connectivity index (χ2n) is 3.56. The van der Waals surface area contributed by atoms with Crippen molar-refractivity contribution < 1.29 is 14.9 Å². The second-order valence-corrected chi connectivity index (χ2v) is 3.56. The molecule has 6 N–H and O–H groups in total. The number of guanidine groups is 1. The summed E-state index contributed by atoms with van der Waals surface area (Å²) in [4.78, 5) is 7.71. The lowest BCUT2D eigenvalue weighted by atomic mass is 10.2. The molecule has 0 saturated carbocycles. The SMILES string of the molecule is N=C1N=C(N)/C(=N\[C@H]2C[C@H](O)[C@@H](CO)O2)N1. The van der Waals surface area contributed by atoms with Crippen LogP contribution in [-0.4, -0.2) is 52.9 Å². The van der Waals surface area contributed by atoms with Gasteiger partial charge in [0.05, 0.1) is 12.7 Å². The van der Waals surface area contributed by atoms with Gasteiger partial charge < -0.3 is 26.0 Å². The van der Waals surface area contributed by atoms with E-state index in [0.29, 0.717) is 0 Å². The highest BCUT2D eigenvalue weighted by atomic mass is 16.5. The molecule has 88 valence electrons. The summed E-state index contributed by atoms with van der Waals surface area (Å²) >= 11 is 0. The molecule has 8 nitrogen and oxygen atoms in total. The van der Waals surface area contributed by atoms with Crippen molar-refractivity contribution in [3.63, 3.8) is 0 Å². The molecule has 0 spiro atoms. The smallest absolute Gasteiger partial charge is 0.223 e. The summed E-state index contributed by atoms with van der Waals surface area (Å²) < 4.78 is 5.26. The lowest BCUT2D eigenvalue weighted by Gasteiger charge is -2.09. The molecule has 2 heterocycles. The normalized spacial score (nSPS) is 36.6. The van der Waals surface area contributed by atoms with Gasteiger partial charge in [-0.1, -0.05) is 0 Å². The number of hydrogen-bond donors (Lipinski definition) is 5. The van der Waals surface area contributed by atoms with Gasteiger partial charge in [0, 0.05) is 6.42 Å². The Hall–Kier alpha value is -1.51. The molecule has 0 aromatic carbocycles. The number of nitrogens with one attached hydrogen (secondary N) is 2. The molecule has 0 aliphatic carbocycles. The predicted octanol–water partition coefficient (Wildman–Crippen LogP) is -2.25. The molecule has 2 aliphatic heterocycles. The average molecular weight is 227 g/mol. The quantitative estimate of drug-likeness (QED) is 0.363. The first-order chi connectivity index (χ1) is 7.60. The van der Waals surface area contributed by atoms with E-state index in [-0.39, 0.29) is 30.7 Å². The van der Waals surface area contributed by atoms with Crippen molar-refractivity contribution >= 4 is 17.6 Å². The van der Waals surface area contributed by atoms with E-state index >= 15 is 0 Å². The Kier molecular flexibility index (Phi) is 2.86. The van der Waals surface area contributed by atoms with Crippen LogP contribution in [0.1, 0.15) is 6.42 Å². The molecule has 1 fully saturated rings. The predicted molar refractivity (Wildman–Crippen MR) is 56.3 cm³/mol. The van der Waals surface area contributed by atoms with Gasteiger partial charge in [0.25, 0.3) is 0 Å². The summed E-state index contributed by atoms with van der Waals surface area (Å²) in [6.45, 7) is -0.255. The van der Waals surface area contributed by atoms with Crippen molar-refractivity contribution in [2.75, 3.05) is 6.61 Å². The standard InChI is InChI=1S/C8H13N5O3/c9-6-7(13-8(10)12-6)11-5-1-3(15)4(2-14)16-5/h3-5,14-15H,1-2H2,(H4,9,10,11,12,13)/t3-,4+,5+/m0/s1. The Morgan fingerprint density at radius 1 is 1.69 bits per heavy atom. The highest BCUT2D eigenvalue weighted by molar-refractivity contribution is 6.47. The van der Waals surface area contributed by atoms with Crippen LogP contribution in [0.2, 0.25) is 0 Å². The van der Waals surface area contributed by atoms with Gasteiger partial charge in [0.2, 0.25) is 5.96 Å². The molecule has 0 amide bonds. The molecule has 2 rings (SSSR count). The van der Waals surface area contributed by atoms with Crippen LogP contribution in [0.5, 0.6) is 0 Å². The van der Waals surface area contributed by atoms with E-state index in [2.05, 4.69) is 15.3 Å². The third kappa shape index (κ3) is 2.03. The van der Waals surface area contributed by atoms with E-state index in [1.54, 1.807) is 0 Å². The Morgan fingerprint density at radius 2 is 2.44 bits per heavy atom. The molecule has 0 bridgehead atoms. The van der Waals surface area contributed by atoms with Gasteiger partial charge in [-0.25, -0.2) is 4.99 Å². The Labute approximate surface area is 91.3 Å². The summed E-state index contributed by atoms with van der Waals surface area (Å²) in [7, 11) is 0. The van der Waals surface area contributed by atoms with Crippen molar-refractivity contribution in [3.05, 3.63) is 0 Å². The van der Waals surface area contributed by atoms with Crippen LogP contribution >= 0.6 is 0 Å². The minimum Gasteiger partial charge on any atom is -0.394 e. The fourth-order valence-corrected chi connectivity index (χ4v) is 1.57. The van der Waals surface area contributed by atoms with Crippen molar-refractivity contribution in [2.45, 2.75) is 24.9 Å². The van der Waals surface area contributed by atoms with E-state index in [9.17, 15) is 5.11 Å². The third-order valence-corrected chi connectivity index (χ3v) is 2.37. The fourth-order valence-electron chi connectivity index (χ4n) is 1.57. The first-order valence-corrected chi connectivity index (χ1v) is 4.82. The molecular formula is C8H13N5O3. The van der Waals surface area contributed by atoms with Gasteiger partial charge in [-0.2, -0.15) is 4.99 Å². The van der Waals surface area contributed by atoms with Gasteiger partial charge in [0.1, 0.15) is 6.10 Å². The number of amidine groups is 2. The zero-order valence-corrected chi connectivity index (χ0v) is 8.42. The first kappa shape index (κ1) is 11.0. The van der Waals surface area contributed by atoms with Gasteiger partial charge in [-0.3, -0.25) is 5.41 Å². The highest BCUT2D eigenvalue weighted by Gasteiger charge is 2.34. The van der Waals surface area contributed by atoms with Crippen molar-refractivity contribution in [1.82, 2.24) is 5.32 Å². The minimum absolute atomic E-state index is 0.0755. The molecule has 0 radical (unpaired) electrons. The number of aliphatic hydroxyl groups excluding tert-OH is 2. The summed E-state index contributed by atoms with van der Waals surface area (Å²) in [6, 6.07) is 0. The lowest BCUT2D eigenvalue weighted by Crippen LogP contribution is -2.32. The molecule has 8 heteroatoms. The third-order valence-electron chi connectivity index (χ3n) is 2.37. The largest absolute Gasteiger partial charge is 0.394 e. The van der Waals surface area contributed by atoms with Crippen LogP contribution in [0.4, 0.5) is 0 Å². The number of rotatable bonds is 2. The lowest BCUT2D eigenvalue weighted by molar-refractivity contribution is -0.0193. The maximum atomic E-state index is 9.47. The van der Waals surface area contributed by atoms with Crippen LogP contribution < -0.4 is 11.1 Å². The Bertz CT molecular complexity index is 367. The zero-order valence-electron chi connectivity index (χ0n) is 8.42. The van der Waals surface area contributed by atoms with Crippen molar-refractivity contribution in [1.29, 1.82) is 5.41 Å². The summed E-state index contributed by atoms with van der Waals surface area (Å²) in [6.07, 6.45) is -1.64. The Balaban J connectivity index is 2.04. The van der Waals surface area contributed by atoms with E-state index in [0.717, 1.165) is 0 Å². The molecular weight excluding hydrogens is 214 g/mol. The molecule has 0 aromatic rings. The minimum atomic E-state index is -0.738. The van der Waals surface area contributed by atoms with Gasteiger partial charge >= 0.3 is 0 Å². The van der Waals surface area contributed by atoms with Crippen LogP contribution in [0, 0.1) is 5.41 Å². The second kappa shape index (κ2) is 4.16. The zero-order chi connectivity index (χ0) is 11.7. The van der Waals surface area contributed by atoms with Crippen LogP contribution in [0.25, 0.3) is 0 Å². The van der Waals surface area contributed by atoms with Gasteiger partial charge in [-0.15, -0.1) is 0 Å². The number of nitrogens with zero attached hydrogens (tertiary/aromatic N) is 2. The van der Waals surface area contributed by atoms with Crippen LogP contribution in [0.15, 0.2) is 9.98 Å². The summed E-state index contributed by atoms with van der Waals surface area (Å²) in [5.41, 5.74) is 5.50. The molecule has 0 aromatic heterocycles. The highest BCUT2D eigenvalue weighted by Crippen LogP contribution is 2.21. The van der Waals surface area contributed by atoms with Gasteiger partial charge in [0.15, 0.2) is 17.9 Å². The van der Waals surface area contributed by atoms with Gasteiger partial charge in [-0.05, 0) is 0 Å². The molecule has 3 atom stereocenters. The topological polar surface area (TPSA) is 136 Å². The van der Waals surface area contributed by atoms with Crippen molar-refractivity contribution in [2.24, 2.45) is 15.7 Å². The van der Waals surface area contributed by atoms with E-state index in [1.807, 2.05) is 0 Å². The maximum Gasteiger partial charge on any atom is 0.223 e. The Morgan fingerprint density at radius 3 is 2.94 bits per heavy atom. The van der Waals surface area contributed by atoms with Crippen molar-refractivity contribution in [3.8, 4) is 0 Å². The summed E-state index contributed by atoms with van der Waals surface area (Å²) in [5.74, 6) is 0.310. The number of ether oxygens (including phenoxy) is 1. The van der Waals surface area contributed by atoms with E-state index < -0.39 is 18.4 Å². The monoisotopic (exact) mass is 227 g/mol. The molecule has 16 heavy (non-hydrogen) atoms. The maximum absolute atomic E-state index is 9.47. The van der Waals surface area contributed by atoms with E-state index in [4.69, 9.17) is 21.0 Å². The molecule has 2 aliphatic rings. The fraction of sp³-hybridized carbons (Fsp3) is 0.625. The number of hydrogen-bond acceptors (Lipinski definition) is 6.